The highest BCUT2D eigenvalue weighted by molar-refractivity contribution is 14.1. The summed E-state index contributed by atoms with van der Waals surface area (Å²) in [6, 6.07) is 0. The average Bonchev–Trinajstić information content (AvgIpc) is 1.82. The summed E-state index contributed by atoms with van der Waals surface area (Å²) >= 11 is 2.44. The summed E-state index contributed by atoms with van der Waals surface area (Å²) in [5.74, 6) is 1.21. The van der Waals surface area contributed by atoms with E-state index in [1.807, 2.05) is 0 Å². The summed E-state index contributed by atoms with van der Waals surface area (Å²) in [7, 11) is 0. The van der Waals surface area contributed by atoms with Crippen LogP contribution in [0.1, 0.15) is 26.7 Å². The van der Waals surface area contributed by atoms with Gasteiger partial charge < -0.3 is 5.11 Å². The van der Waals surface area contributed by atoms with Gasteiger partial charge in [-0.1, -0.05) is 36.4 Å². The van der Waals surface area contributed by atoms with Crippen LogP contribution in [0.4, 0.5) is 0 Å². The van der Waals surface area contributed by atoms with Gasteiger partial charge in [0.15, 0.2) is 0 Å². The molecule has 0 bridgehead atoms. The molecule has 1 fully saturated rings. The molecule has 1 aliphatic carbocycles. The summed E-state index contributed by atoms with van der Waals surface area (Å²) in [4.78, 5) is 0. The third-order valence-corrected chi connectivity index (χ3v) is 3.65. The first-order valence-corrected chi connectivity index (χ1v) is 5.18. The number of hydrogen-bond acceptors (Lipinski definition) is 1. The van der Waals surface area contributed by atoms with Gasteiger partial charge >= 0.3 is 0 Å². The number of aliphatic hydroxyl groups excluding tert-OH is 1. The molecule has 10 heavy (non-hydrogen) atoms. The van der Waals surface area contributed by atoms with Crippen LogP contribution in [-0.4, -0.2) is 15.1 Å². The van der Waals surface area contributed by atoms with Gasteiger partial charge in [-0.25, -0.2) is 0 Å². The third kappa shape index (κ3) is 1.84. The fourth-order valence-corrected chi connectivity index (χ4v) is 2.89. The van der Waals surface area contributed by atoms with Crippen LogP contribution in [0, 0.1) is 11.8 Å². The van der Waals surface area contributed by atoms with Crippen LogP contribution in [0.2, 0.25) is 0 Å². The Morgan fingerprint density at radius 3 is 2.40 bits per heavy atom. The van der Waals surface area contributed by atoms with Crippen molar-refractivity contribution in [1.82, 2.24) is 0 Å². The van der Waals surface area contributed by atoms with E-state index in [0.717, 1.165) is 6.42 Å². The van der Waals surface area contributed by atoms with Gasteiger partial charge in [-0.2, -0.15) is 0 Å². The second-order valence-electron chi connectivity index (χ2n) is 3.47. The number of hydrogen-bond donors (Lipinski definition) is 1. The van der Waals surface area contributed by atoms with E-state index in [1.54, 1.807) is 0 Å². The second-order valence-corrected chi connectivity index (χ2v) is 5.23. The van der Waals surface area contributed by atoms with Crippen LogP contribution >= 0.6 is 22.6 Å². The maximum Gasteiger partial charge on any atom is 0.0578 e. The van der Waals surface area contributed by atoms with Gasteiger partial charge in [0.25, 0.3) is 0 Å². The molecule has 1 N–H and O–H groups in total. The van der Waals surface area contributed by atoms with E-state index >= 15 is 0 Å². The molecule has 0 aliphatic heterocycles. The van der Waals surface area contributed by atoms with Crippen LogP contribution < -0.4 is 0 Å². The second kappa shape index (κ2) is 3.39. The van der Waals surface area contributed by atoms with Gasteiger partial charge in [-0.3, -0.25) is 0 Å². The Morgan fingerprint density at radius 1 is 1.30 bits per heavy atom. The van der Waals surface area contributed by atoms with E-state index in [2.05, 4.69) is 36.4 Å². The van der Waals surface area contributed by atoms with Gasteiger partial charge in [-0.05, 0) is 24.7 Å². The molecule has 1 aliphatic rings. The Balaban J connectivity index is 2.49. The molecule has 1 nitrogen and oxygen atoms in total. The Bertz CT molecular complexity index is 104. The Kier molecular flexibility index (Phi) is 2.98. The van der Waals surface area contributed by atoms with Crippen molar-refractivity contribution < 1.29 is 5.11 Å². The van der Waals surface area contributed by atoms with E-state index in [4.69, 9.17) is 0 Å². The quantitative estimate of drug-likeness (QED) is 0.519. The zero-order chi connectivity index (χ0) is 7.72. The highest BCUT2D eigenvalue weighted by atomic mass is 127. The van der Waals surface area contributed by atoms with Crippen LogP contribution in [0.15, 0.2) is 0 Å². The lowest BCUT2D eigenvalue weighted by molar-refractivity contribution is 0.0537. The molecule has 4 atom stereocenters. The van der Waals surface area contributed by atoms with Gasteiger partial charge in [0.05, 0.1) is 6.10 Å². The summed E-state index contributed by atoms with van der Waals surface area (Å²) in [6.45, 7) is 4.39. The molecule has 2 heteroatoms. The minimum Gasteiger partial charge on any atom is -0.393 e. The molecule has 60 valence electrons. The highest BCUT2D eigenvalue weighted by Gasteiger charge is 2.29. The molecule has 4 unspecified atom stereocenters. The standard InChI is InChI=1S/C8H15IO/c1-5-3-7(9)4-8(10)6(5)2/h5-8,10H,3-4H2,1-2H3. The van der Waals surface area contributed by atoms with E-state index in [0.29, 0.717) is 15.8 Å². The van der Waals surface area contributed by atoms with Crippen molar-refractivity contribution in [2.24, 2.45) is 11.8 Å². The third-order valence-electron chi connectivity index (χ3n) is 2.63. The Labute approximate surface area is 76.3 Å². The summed E-state index contributed by atoms with van der Waals surface area (Å²) < 4.78 is 0.693. The van der Waals surface area contributed by atoms with E-state index < -0.39 is 0 Å². The number of halogens is 1. The Morgan fingerprint density at radius 2 is 1.90 bits per heavy atom. The van der Waals surface area contributed by atoms with Crippen molar-refractivity contribution in [2.45, 2.75) is 36.7 Å². The molecule has 0 aromatic heterocycles. The molecule has 0 saturated heterocycles. The summed E-state index contributed by atoms with van der Waals surface area (Å²) in [6.07, 6.45) is 2.22. The van der Waals surface area contributed by atoms with E-state index in [9.17, 15) is 5.11 Å². The largest absolute Gasteiger partial charge is 0.393 e. The lowest BCUT2D eigenvalue weighted by Gasteiger charge is -2.33. The zero-order valence-electron chi connectivity index (χ0n) is 6.55. The molecule has 0 amide bonds. The monoisotopic (exact) mass is 254 g/mol. The number of aliphatic hydroxyl groups is 1. The first kappa shape index (κ1) is 8.78. The predicted octanol–water partition coefficient (Wildman–Crippen LogP) is 2.22. The summed E-state index contributed by atoms with van der Waals surface area (Å²) in [5, 5.41) is 9.51. The lowest BCUT2D eigenvalue weighted by atomic mass is 9.80. The van der Waals surface area contributed by atoms with Gasteiger partial charge in [0, 0.05) is 3.92 Å². The van der Waals surface area contributed by atoms with Crippen molar-refractivity contribution in [3.63, 3.8) is 0 Å². The molecule has 0 aromatic rings. The SMILES string of the molecule is CC1CC(I)CC(O)C1C. The molecule has 0 aromatic carbocycles. The molecular formula is C8H15IO. The van der Waals surface area contributed by atoms with Crippen molar-refractivity contribution in [2.75, 3.05) is 0 Å². The van der Waals surface area contributed by atoms with E-state index in [1.165, 1.54) is 6.42 Å². The van der Waals surface area contributed by atoms with Gasteiger partial charge in [0.1, 0.15) is 0 Å². The Hall–Kier alpha value is 0.690. The zero-order valence-corrected chi connectivity index (χ0v) is 8.71. The minimum atomic E-state index is -0.0503. The normalized spacial score (nSPS) is 49.2. The predicted molar refractivity (Wildman–Crippen MR) is 51.4 cm³/mol. The van der Waals surface area contributed by atoms with Crippen LogP contribution in [-0.2, 0) is 0 Å². The number of rotatable bonds is 0. The molecule has 0 spiro atoms. The van der Waals surface area contributed by atoms with Crippen LogP contribution in [0.25, 0.3) is 0 Å². The molecule has 1 rings (SSSR count). The highest BCUT2D eigenvalue weighted by Crippen LogP contribution is 2.33. The maximum atomic E-state index is 9.51. The molecule has 0 heterocycles. The summed E-state index contributed by atoms with van der Waals surface area (Å²) in [5.41, 5.74) is 0. The fourth-order valence-electron chi connectivity index (χ4n) is 1.57. The van der Waals surface area contributed by atoms with Gasteiger partial charge in [0.2, 0.25) is 0 Å². The first-order valence-electron chi connectivity index (χ1n) is 3.93. The molecule has 0 radical (unpaired) electrons. The average molecular weight is 254 g/mol. The molecular weight excluding hydrogens is 239 g/mol. The van der Waals surface area contributed by atoms with Crippen LogP contribution in [0.3, 0.4) is 0 Å². The van der Waals surface area contributed by atoms with Crippen molar-refractivity contribution in [3.05, 3.63) is 0 Å². The smallest absolute Gasteiger partial charge is 0.0578 e. The van der Waals surface area contributed by atoms with Gasteiger partial charge in [-0.15, -0.1) is 0 Å². The van der Waals surface area contributed by atoms with Crippen molar-refractivity contribution in [1.29, 1.82) is 0 Å². The van der Waals surface area contributed by atoms with Crippen molar-refractivity contribution >= 4 is 22.6 Å². The van der Waals surface area contributed by atoms with Crippen molar-refractivity contribution in [3.8, 4) is 0 Å². The minimum absolute atomic E-state index is 0.0503. The van der Waals surface area contributed by atoms with Crippen LogP contribution in [0.5, 0.6) is 0 Å². The fraction of sp³-hybridized carbons (Fsp3) is 1.00. The lowest BCUT2D eigenvalue weighted by Crippen LogP contribution is -2.33. The number of alkyl halides is 1. The van der Waals surface area contributed by atoms with E-state index in [-0.39, 0.29) is 6.10 Å². The first-order chi connectivity index (χ1) is 4.61. The molecule has 1 saturated carbocycles. The topological polar surface area (TPSA) is 20.2 Å². The maximum absolute atomic E-state index is 9.51.